The first-order chi connectivity index (χ1) is 38.2. The van der Waals surface area contributed by atoms with Gasteiger partial charge in [-0.15, -0.1) is 0 Å². The summed E-state index contributed by atoms with van der Waals surface area (Å²) >= 11 is 0. The predicted molar refractivity (Wildman–Crippen MR) is 325 cm³/mol. The number of phosphoric acid groups is 1. The van der Waals surface area contributed by atoms with E-state index in [1.165, 1.54) is 89.9 Å². The molecule has 3 atom stereocenters. The van der Waals surface area contributed by atoms with E-state index in [2.05, 4.69) is 106 Å². The maximum absolute atomic E-state index is 12.9. The molecule has 2 N–H and O–H groups in total. The van der Waals surface area contributed by atoms with E-state index < -0.39 is 57.8 Å². The molecule has 0 aliphatic rings. The van der Waals surface area contributed by atoms with Gasteiger partial charge in [0.1, 0.15) is 12.7 Å². The van der Waals surface area contributed by atoms with E-state index in [-0.39, 0.29) is 25.9 Å². The highest BCUT2D eigenvalue weighted by molar-refractivity contribution is 7.47. The molecule has 0 aliphatic heterocycles. The molecule has 0 aliphatic carbocycles. The Morgan fingerprint density at radius 3 is 1.17 bits per heavy atom. The second-order valence-corrected chi connectivity index (χ2v) is 21.6. The Hall–Kier alpha value is -3.86. The van der Waals surface area contributed by atoms with Gasteiger partial charge in [-0.05, 0) is 109 Å². The fourth-order valence-electron chi connectivity index (χ4n) is 8.02. The van der Waals surface area contributed by atoms with Crippen LogP contribution in [0.15, 0.2) is 109 Å². The highest BCUT2D eigenvalue weighted by Gasteiger charge is 2.28. The van der Waals surface area contributed by atoms with Crippen LogP contribution in [0.3, 0.4) is 0 Å². The van der Waals surface area contributed by atoms with Crippen LogP contribution in [0.2, 0.25) is 0 Å². The molecule has 0 aromatic heterocycles. The Morgan fingerprint density at radius 1 is 0.385 bits per heavy atom. The number of unbranched alkanes of at least 4 members (excludes halogenated alkanes) is 22. The van der Waals surface area contributed by atoms with E-state index in [0.29, 0.717) is 19.3 Å². The summed E-state index contributed by atoms with van der Waals surface area (Å²) in [5.74, 6) is -1.62. The molecule has 0 amide bonds. The molecule has 0 radical (unpaired) electrons. The summed E-state index contributed by atoms with van der Waals surface area (Å²) in [5.41, 5.74) is 0. The predicted octanol–water partition coefficient (Wildman–Crippen LogP) is 18.6. The van der Waals surface area contributed by atoms with E-state index in [1.807, 2.05) is 18.2 Å². The number of allylic oxidation sites excluding steroid dienone is 17. The number of esters is 3. The van der Waals surface area contributed by atoms with Gasteiger partial charge >= 0.3 is 25.7 Å². The molecule has 0 saturated carbocycles. The summed E-state index contributed by atoms with van der Waals surface area (Å²) in [6.07, 6.45) is 72.1. The zero-order valence-electron chi connectivity index (χ0n) is 49.3. The molecule has 0 fully saturated rings. The van der Waals surface area contributed by atoms with E-state index >= 15 is 0 Å². The van der Waals surface area contributed by atoms with Crippen molar-refractivity contribution in [2.24, 2.45) is 0 Å². The van der Waals surface area contributed by atoms with E-state index in [4.69, 9.17) is 23.3 Å². The van der Waals surface area contributed by atoms with Crippen molar-refractivity contribution in [2.45, 2.75) is 264 Å². The molecule has 0 heterocycles. The highest BCUT2D eigenvalue weighted by atomic mass is 31.2. The molecule has 0 aromatic carbocycles. The standard InChI is InChI=1S/C66H111O11P/c1-4-7-10-13-16-19-22-25-28-30-31-33-36-39-42-45-48-51-54-57-66(70)77-63(59-73-64(68)55-52-49-46-43-40-37-35-32-29-26-23-20-17-14-11-8-5-2)61-75-78(71,72)74-60-62(58-67)76-65(69)56-53-50-47-44-41-38-34-27-24-21-18-15-12-9-6-3/h9,12,16,18-19,21,25-29,31,33-34,41,44,50,53,62-63,67H,4-8,10-11,13-15,17,20,22-24,30,32,35-40,42-43,45-49,51-52,54-61H2,1-3H3,(H,71,72)/b12-9-,19-16-,21-18-,28-25-,29-26-,33-31-,34-27-,44-41-,53-50-. The summed E-state index contributed by atoms with van der Waals surface area (Å²) in [6.45, 7) is 4.38. The quantitative estimate of drug-likeness (QED) is 0.0197. The summed E-state index contributed by atoms with van der Waals surface area (Å²) in [5, 5.41) is 9.81. The van der Waals surface area contributed by atoms with Crippen molar-refractivity contribution in [1.82, 2.24) is 0 Å². The largest absolute Gasteiger partial charge is 0.472 e. The molecule has 78 heavy (non-hydrogen) atoms. The van der Waals surface area contributed by atoms with Crippen LogP contribution in [-0.4, -0.2) is 66.5 Å². The number of carbonyl (C=O) groups is 3. The Morgan fingerprint density at radius 2 is 0.718 bits per heavy atom. The fourth-order valence-corrected chi connectivity index (χ4v) is 8.81. The summed E-state index contributed by atoms with van der Waals surface area (Å²) in [4.78, 5) is 48.6. The number of aliphatic hydroxyl groups is 1. The minimum Gasteiger partial charge on any atom is -0.462 e. The fraction of sp³-hybridized carbons (Fsp3) is 0.682. The first kappa shape index (κ1) is 74.1. The van der Waals surface area contributed by atoms with Gasteiger partial charge in [0.25, 0.3) is 0 Å². The first-order valence-corrected chi connectivity index (χ1v) is 32.3. The third-order valence-corrected chi connectivity index (χ3v) is 13.6. The molecule has 0 saturated heterocycles. The van der Waals surface area contributed by atoms with Gasteiger partial charge in [-0.25, -0.2) is 4.57 Å². The van der Waals surface area contributed by atoms with Crippen molar-refractivity contribution in [3.05, 3.63) is 109 Å². The van der Waals surface area contributed by atoms with Gasteiger partial charge in [0.2, 0.25) is 0 Å². The number of phosphoric ester groups is 1. The minimum atomic E-state index is -4.79. The maximum Gasteiger partial charge on any atom is 0.472 e. The lowest BCUT2D eigenvalue weighted by Gasteiger charge is -2.21. The molecule has 0 aromatic rings. The highest BCUT2D eigenvalue weighted by Crippen LogP contribution is 2.43. The van der Waals surface area contributed by atoms with Gasteiger partial charge in [0.15, 0.2) is 6.10 Å². The summed E-state index contributed by atoms with van der Waals surface area (Å²) in [7, 11) is -4.79. The van der Waals surface area contributed by atoms with Crippen LogP contribution < -0.4 is 0 Å². The zero-order valence-corrected chi connectivity index (χ0v) is 50.2. The zero-order chi connectivity index (χ0) is 56.9. The van der Waals surface area contributed by atoms with Crippen molar-refractivity contribution in [2.75, 3.05) is 26.4 Å². The van der Waals surface area contributed by atoms with Gasteiger partial charge in [0, 0.05) is 12.8 Å². The van der Waals surface area contributed by atoms with Crippen molar-refractivity contribution < 1.29 is 52.2 Å². The minimum absolute atomic E-state index is 0.0604. The van der Waals surface area contributed by atoms with Crippen LogP contribution in [0.25, 0.3) is 0 Å². The van der Waals surface area contributed by atoms with Crippen LogP contribution in [0.1, 0.15) is 252 Å². The number of hydrogen-bond donors (Lipinski definition) is 2. The average molecular weight is 1110 g/mol. The number of carbonyl (C=O) groups excluding carboxylic acids is 3. The number of hydrogen-bond acceptors (Lipinski definition) is 10. The smallest absolute Gasteiger partial charge is 0.462 e. The molecule has 0 rings (SSSR count). The van der Waals surface area contributed by atoms with E-state index in [1.54, 1.807) is 6.08 Å². The van der Waals surface area contributed by atoms with Crippen LogP contribution in [-0.2, 0) is 42.2 Å². The molecular formula is C66H111O11P. The summed E-state index contributed by atoms with van der Waals surface area (Å²) < 4.78 is 39.5. The topological polar surface area (TPSA) is 155 Å². The van der Waals surface area contributed by atoms with Gasteiger partial charge < -0.3 is 24.2 Å². The molecule has 0 spiro atoms. The van der Waals surface area contributed by atoms with Gasteiger partial charge in [-0.3, -0.25) is 23.4 Å². The molecule has 446 valence electrons. The van der Waals surface area contributed by atoms with Crippen molar-refractivity contribution >= 4 is 25.7 Å². The van der Waals surface area contributed by atoms with Gasteiger partial charge in [-0.2, -0.15) is 0 Å². The SMILES string of the molecule is CC/C=C\C/C=C\C/C=C\C/C=C\C/C=C\CC(=O)OC(CO)COP(=O)(O)OCC(COC(=O)CCCCCCCCC/C=C\CCCCCCCC)OC(=O)CCCCCCCC/C=C\C/C=C\C/C=C\CCCCC. The van der Waals surface area contributed by atoms with Gasteiger partial charge in [-0.1, -0.05) is 233 Å². The van der Waals surface area contributed by atoms with Crippen LogP contribution in [0.5, 0.6) is 0 Å². The second kappa shape index (κ2) is 59.3. The molecular weight excluding hydrogens is 1000 g/mol. The Labute approximate surface area is 475 Å². The Balaban J connectivity index is 4.83. The van der Waals surface area contributed by atoms with Crippen molar-refractivity contribution in [3.8, 4) is 0 Å². The lowest BCUT2D eigenvalue weighted by atomic mass is 10.1. The Kier molecular flexibility index (Phi) is 56.3. The van der Waals surface area contributed by atoms with Crippen LogP contribution >= 0.6 is 7.82 Å². The van der Waals surface area contributed by atoms with Crippen molar-refractivity contribution in [3.63, 3.8) is 0 Å². The lowest BCUT2D eigenvalue weighted by molar-refractivity contribution is -0.161. The second-order valence-electron chi connectivity index (χ2n) is 20.1. The number of aliphatic hydroxyl groups excluding tert-OH is 1. The van der Waals surface area contributed by atoms with E-state index in [0.717, 1.165) is 103 Å². The molecule has 11 nitrogen and oxygen atoms in total. The third-order valence-electron chi connectivity index (χ3n) is 12.7. The van der Waals surface area contributed by atoms with E-state index in [9.17, 15) is 28.9 Å². The van der Waals surface area contributed by atoms with Crippen LogP contribution in [0, 0.1) is 0 Å². The first-order valence-electron chi connectivity index (χ1n) is 30.8. The normalized spacial score (nSPS) is 14.1. The van der Waals surface area contributed by atoms with Crippen molar-refractivity contribution in [1.29, 1.82) is 0 Å². The van der Waals surface area contributed by atoms with Crippen LogP contribution in [0.4, 0.5) is 0 Å². The third kappa shape index (κ3) is 56.8. The maximum atomic E-state index is 12.9. The molecule has 3 unspecified atom stereocenters. The van der Waals surface area contributed by atoms with Gasteiger partial charge in [0.05, 0.1) is 26.2 Å². The summed E-state index contributed by atoms with van der Waals surface area (Å²) in [6, 6.07) is 0. The monoisotopic (exact) mass is 1110 g/mol. The average Bonchev–Trinajstić information content (AvgIpc) is 3.43. The Bertz CT molecular complexity index is 1720. The lowest BCUT2D eigenvalue weighted by Crippen LogP contribution is -2.30. The number of ether oxygens (including phenoxy) is 3. The molecule has 12 heteroatoms. The molecule has 0 bridgehead atoms. The number of rotatable bonds is 56.